The molecule has 0 bridgehead atoms. The van der Waals surface area contributed by atoms with Gasteiger partial charge in [-0.1, -0.05) is 6.07 Å². The summed E-state index contributed by atoms with van der Waals surface area (Å²) in [4.78, 5) is 16.3. The van der Waals surface area contributed by atoms with Crippen molar-refractivity contribution in [1.82, 2.24) is 8.96 Å². The molecule has 132 valence electrons. The second-order valence-corrected chi connectivity index (χ2v) is 7.62. The van der Waals surface area contributed by atoms with Gasteiger partial charge in [-0.3, -0.25) is 9.78 Å². The Morgan fingerprint density at radius 3 is 2.88 bits per heavy atom. The molecule has 3 heterocycles. The molecule has 4 rings (SSSR count). The topological polar surface area (TPSA) is 90.3 Å². The number of hydrogen-bond donors (Lipinski definition) is 1. The van der Waals surface area contributed by atoms with Crippen molar-refractivity contribution in [3.8, 4) is 5.75 Å². The minimum Gasteiger partial charge on any atom is -0.493 e. The smallest absolute Gasteiger partial charge is 0.274 e. The number of carbonyl (C=O) groups is 1. The summed E-state index contributed by atoms with van der Waals surface area (Å²) in [5.41, 5.74) is 1.50. The van der Waals surface area contributed by atoms with Crippen LogP contribution in [-0.4, -0.2) is 29.9 Å². The number of rotatable bonds is 4. The van der Waals surface area contributed by atoms with Crippen molar-refractivity contribution in [2.75, 3.05) is 11.9 Å². The first-order valence-corrected chi connectivity index (χ1v) is 9.40. The van der Waals surface area contributed by atoms with Gasteiger partial charge in [0, 0.05) is 25.0 Å². The normalized spacial score (nSPS) is 13.1. The summed E-state index contributed by atoms with van der Waals surface area (Å²) in [6.07, 6.45) is 4.96. The molecule has 0 fully saturated rings. The Hall–Kier alpha value is -3.13. The second-order valence-electron chi connectivity index (χ2n) is 5.77. The molecule has 1 N–H and O–H groups in total. The van der Waals surface area contributed by atoms with Crippen molar-refractivity contribution in [3.05, 3.63) is 72.3 Å². The van der Waals surface area contributed by atoms with Crippen molar-refractivity contribution >= 4 is 21.6 Å². The van der Waals surface area contributed by atoms with E-state index in [1.807, 2.05) is 0 Å². The molecule has 0 saturated carbocycles. The lowest BCUT2D eigenvalue weighted by Crippen LogP contribution is -2.14. The van der Waals surface area contributed by atoms with Gasteiger partial charge in [-0.05, 0) is 42.0 Å². The minimum atomic E-state index is -3.75. The second kappa shape index (κ2) is 6.30. The van der Waals surface area contributed by atoms with Crippen molar-refractivity contribution in [2.45, 2.75) is 11.3 Å². The number of nitrogens with zero attached hydrogens (tertiary/aromatic N) is 2. The number of hydrogen-bond acceptors (Lipinski definition) is 5. The van der Waals surface area contributed by atoms with Crippen LogP contribution in [0.2, 0.25) is 0 Å². The highest BCUT2D eigenvalue weighted by Gasteiger charge is 2.21. The Labute approximate surface area is 150 Å². The van der Waals surface area contributed by atoms with Gasteiger partial charge in [0.05, 0.1) is 17.2 Å². The van der Waals surface area contributed by atoms with Crippen molar-refractivity contribution in [2.24, 2.45) is 0 Å². The highest BCUT2D eigenvalue weighted by Crippen LogP contribution is 2.28. The van der Waals surface area contributed by atoms with Crippen LogP contribution in [-0.2, 0) is 16.4 Å². The summed E-state index contributed by atoms with van der Waals surface area (Å²) >= 11 is 0. The number of carbonyl (C=O) groups excluding carboxylic acids is 1. The number of ether oxygens (including phenoxy) is 1. The average Bonchev–Trinajstić information content (AvgIpc) is 3.31. The van der Waals surface area contributed by atoms with Crippen LogP contribution in [0, 0.1) is 0 Å². The van der Waals surface area contributed by atoms with Crippen LogP contribution in [0.25, 0.3) is 0 Å². The average molecular weight is 369 g/mol. The van der Waals surface area contributed by atoms with Crippen LogP contribution in [0.1, 0.15) is 16.1 Å². The fourth-order valence-corrected chi connectivity index (χ4v) is 3.99. The maximum atomic E-state index is 12.8. The first-order chi connectivity index (χ1) is 12.5. The zero-order chi connectivity index (χ0) is 18.1. The Bertz CT molecular complexity index is 1070. The van der Waals surface area contributed by atoms with Crippen molar-refractivity contribution in [3.63, 3.8) is 0 Å². The fourth-order valence-electron chi connectivity index (χ4n) is 2.74. The Morgan fingerprint density at radius 1 is 1.19 bits per heavy atom. The highest BCUT2D eigenvalue weighted by atomic mass is 32.2. The molecule has 3 aromatic rings. The SMILES string of the molecule is O=C(Nc1ccn(S(=O)(=O)c2ccc3c(c2)CCO3)c1)c1ccccn1. The first-order valence-electron chi connectivity index (χ1n) is 7.96. The number of fused-ring (bicyclic) bond motifs is 1. The van der Waals surface area contributed by atoms with Gasteiger partial charge in [0.2, 0.25) is 0 Å². The molecule has 1 aliphatic rings. The number of pyridine rings is 1. The fraction of sp³-hybridized carbons (Fsp3) is 0.111. The number of nitrogens with one attached hydrogen (secondary N) is 1. The predicted molar refractivity (Wildman–Crippen MR) is 94.8 cm³/mol. The number of aromatic nitrogens is 2. The minimum absolute atomic E-state index is 0.181. The van der Waals surface area contributed by atoms with Crippen molar-refractivity contribution < 1.29 is 17.9 Å². The summed E-state index contributed by atoms with van der Waals surface area (Å²) in [6.45, 7) is 0.562. The lowest BCUT2D eigenvalue weighted by atomic mass is 10.2. The van der Waals surface area contributed by atoms with Crippen LogP contribution >= 0.6 is 0 Å². The third-order valence-electron chi connectivity index (χ3n) is 4.06. The van der Waals surface area contributed by atoms with Gasteiger partial charge in [-0.25, -0.2) is 12.4 Å². The third kappa shape index (κ3) is 2.95. The molecule has 0 atom stereocenters. The van der Waals surface area contributed by atoms with E-state index in [9.17, 15) is 13.2 Å². The Balaban J connectivity index is 1.58. The summed E-state index contributed by atoms with van der Waals surface area (Å²) in [7, 11) is -3.75. The molecule has 1 aliphatic heterocycles. The maximum Gasteiger partial charge on any atom is 0.274 e. The van der Waals surface area contributed by atoms with E-state index in [-0.39, 0.29) is 10.6 Å². The quantitative estimate of drug-likeness (QED) is 0.762. The third-order valence-corrected chi connectivity index (χ3v) is 5.69. The predicted octanol–water partition coefficient (Wildman–Crippen LogP) is 2.31. The van der Waals surface area contributed by atoms with Gasteiger partial charge in [0.25, 0.3) is 15.9 Å². The summed E-state index contributed by atoms with van der Waals surface area (Å²) in [5.74, 6) is 0.315. The summed E-state index contributed by atoms with van der Waals surface area (Å²) in [5, 5.41) is 2.64. The molecule has 1 amide bonds. The number of amides is 1. The van der Waals surface area contributed by atoms with E-state index >= 15 is 0 Å². The zero-order valence-corrected chi connectivity index (χ0v) is 14.4. The summed E-state index contributed by atoms with van der Waals surface area (Å²) in [6, 6.07) is 11.3. The molecule has 2 aromatic heterocycles. The largest absolute Gasteiger partial charge is 0.493 e. The lowest BCUT2D eigenvalue weighted by molar-refractivity contribution is 0.102. The zero-order valence-electron chi connectivity index (χ0n) is 13.6. The van der Waals surface area contributed by atoms with E-state index < -0.39 is 15.9 Å². The standard InChI is InChI=1S/C18H15N3O4S/c22-18(16-3-1-2-8-19-16)20-14-6-9-21(12-14)26(23,24)15-4-5-17-13(11-15)7-10-25-17/h1-6,8-9,11-12H,7,10H2,(H,20,22). The maximum absolute atomic E-state index is 12.8. The van der Waals surface area contributed by atoms with E-state index in [1.165, 1.54) is 30.7 Å². The molecule has 1 aromatic carbocycles. The molecule has 0 radical (unpaired) electrons. The molecule has 0 aliphatic carbocycles. The van der Waals surface area contributed by atoms with Crippen LogP contribution in [0.3, 0.4) is 0 Å². The van der Waals surface area contributed by atoms with E-state index in [4.69, 9.17) is 4.74 Å². The first kappa shape index (κ1) is 16.3. The van der Waals surface area contributed by atoms with Crippen LogP contribution < -0.4 is 10.1 Å². The Morgan fingerprint density at radius 2 is 2.08 bits per heavy atom. The van der Waals surface area contributed by atoms with E-state index in [2.05, 4.69) is 10.3 Å². The molecule has 7 nitrogen and oxygen atoms in total. The Kier molecular flexibility index (Phi) is 3.96. The van der Waals surface area contributed by atoms with Gasteiger partial charge in [-0.15, -0.1) is 0 Å². The molecule has 0 saturated heterocycles. The van der Waals surface area contributed by atoms with Gasteiger partial charge < -0.3 is 10.1 Å². The van der Waals surface area contributed by atoms with Gasteiger partial charge >= 0.3 is 0 Å². The van der Waals surface area contributed by atoms with Gasteiger partial charge in [0.1, 0.15) is 11.4 Å². The summed E-state index contributed by atoms with van der Waals surface area (Å²) < 4.78 is 32.1. The van der Waals surface area contributed by atoms with Crippen molar-refractivity contribution in [1.29, 1.82) is 0 Å². The molecule has 0 unspecified atom stereocenters. The highest BCUT2D eigenvalue weighted by molar-refractivity contribution is 7.90. The lowest BCUT2D eigenvalue weighted by Gasteiger charge is -2.07. The van der Waals surface area contributed by atoms with Gasteiger partial charge in [0.15, 0.2) is 0 Å². The molecular weight excluding hydrogens is 354 g/mol. The number of benzene rings is 1. The van der Waals surface area contributed by atoms with Crippen LogP contribution in [0.15, 0.2) is 66.0 Å². The molecule has 0 spiro atoms. The van der Waals surface area contributed by atoms with E-state index in [1.54, 1.807) is 30.3 Å². The molecule has 26 heavy (non-hydrogen) atoms. The van der Waals surface area contributed by atoms with Crippen LogP contribution in [0.4, 0.5) is 5.69 Å². The van der Waals surface area contributed by atoms with Gasteiger partial charge in [-0.2, -0.15) is 0 Å². The molecular formula is C18H15N3O4S. The molecule has 8 heteroatoms. The number of anilines is 1. The monoisotopic (exact) mass is 369 g/mol. The van der Waals surface area contributed by atoms with E-state index in [0.29, 0.717) is 18.7 Å². The van der Waals surface area contributed by atoms with E-state index in [0.717, 1.165) is 15.3 Å². The van der Waals surface area contributed by atoms with Crippen LogP contribution in [0.5, 0.6) is 5.75 Å².